The Morgan fingerprint density at radius 2 is 1.82 bits per heavy atom. The molecule has 3 fully saturated rings. The Bertz CT molecular complexity index is 943. The van der Waals surface area contributed by atoms with E-state index in [1.807, 2.05) is 13.8 Å². The molecule has 0 radical (unpaired) electrons. The molecule has 4 aliphatic carbocycles. The van der Waals surface area contributed by atoms with E-state index in [4.69, 9.17) is 4.74 Å². The van der Waals surface area contributed by atoms with Crippen LogP contribution in [0.3, 0.4) is 0 Å². The number of aliphatic hydroxyl groups is 2. The van der Waals surface area contributed by atoms with Crippen LogP contribution in [-0.4, -0.2) is 57.5 Å². The van der Waals surface area contributed by atoms with Gasteiger partial charge in [-0.1, -0.05) is 19.4 Å². The number of nitrogens with one attached hydrogen (secondary N) is 1. The van der Waals surface area contributed by atoms with Crippen molar-refractivity contribution in [3.63, 3.8) is 0 Å². The molecule has 33 heavy (non-hydrogen) atoms. The second-order valence-corrected chi connectivity index (χ2v) is 11.0. The van der Waals surface area contributed by atoms with Gasteiger partial charge in [-0.25, -0.2) is 0 Å². The van der Waals surface area contributed by atoms with Gasteiger partial charge in [0.05, 0.1) is 11.6 Å². The van der Waals surface area contributed by atoms with Crippen LogP contribution in [0.25, 0.3) is 0 Å². The topological polar surface area (TPSA) is 130 Å². The first kappa shape index (κ1) is 24.1. The molecule has 182 valence electrons. The maximum absolute atomic E-state index is 13.1. The van der Waals surface area contributed by atoms with E-state index in [-0.39, 0.29) is 36.4 Å². The predicted octanol–water partition coefficient (Wildman–Crippen LogP) is 1.61. The smallest absolute Gasteiger partial charge is 0.303 e. The highest BCUT2D eigenvalue weighted by Gasteiger charge is 2.73. The standard InChI is InChI=1S/C25H35NO7/c1-14(27)26-25-19(6-5-16-11-17(29)7-9-22(16,25)3)18-8-10-24(32,21(31)13-33-15(2)28)23(18,4)12-20(25)30/h11,18-20,30,32H,5-10,12-13H2,1-4H3,(H,26,27)/t18?,19?,20?,22?,23?,24-,25-/m0/s1. The number of fused-ring (bicyclic) bond motifs is 5. The van der Waals surface area contributed by atoms with Crippen LogP contribution < -0.4 is 5.32 Å². The van der Waals surface area contributed by atoms with E-state index < -0.39 is 46.4 Å². The van der Waals surface area contributed by atoms with E-state index in [0.717, 1.165) is 5.57 Å². The third kappa shape index (κ3) is 3.16. The summed E-state index contributed by atoms with van der Waals surface area (Å²) in [6.07, 6.45) is 3.76. The fourth-order valence-electron chi connectivity index (χ4n) is 8.01. The van der Waals surface area contributed by atoms with Crippen LogP contribution in [0, 0.1) is 22.7 Å². The highest BCUT2D eigenvalue weighted by atomic mass is 16.5. The van der Waals surface area contributed by atoms with Gasteiger partial charge in [-0.05, 0) is 56.4 Å². The summed E-state index contributed by atoms with van der Waals surface area (Å²) in [5.74, 6) is -1.63. The normalized spacial score (nSPS) is 44.1. The molecular weight excluding hydrogens is 426 g/mol. The van der Waals surface area contributed by atoms with Gasteiger partial charge >= 0.3 is 5.97 Å². The van der Waals surface area contributed by atoms with Gasteiger partial charge in [-0.3, -0.25) is 19.2 Å². The number of hydrogen-bond acceptors (Lipinski definition) is 7. The fourth-order valence-corrected chi connectivity index (χ4v) is 8.01. The van der Waals surface area contributed by atoms with Crippen molar-refractivity contribution in [2.24, 2.45) is 22.7 Å². The summed E-state index contributed by atoms with van der Waals surface area (Å²) in [5, 5.41) is 26.6. The lowest BCUT2D eigenvalue weighted by Gasteiger charge is -2.67. The number of rotatable bonds is 4. The van der Waals surface area contributed by atoms with Crippen molar-refractivity contribution in [3.05, 3.63) is 11.6 Å². The highest BCUT2D eigenvalue weighted by molar-refractivity contribution is 5.92. The van der Waals surface area contributed by atoms with E-state index in [0.29, 0.717) is 32.1 Å². The Hall–Kier alpha value is -2.06. The monoisotopic (exact) mass is 461 g/mol. The van der Waals surface area contributed by atoms with E-state index in [2.05, 4.69) is 5.32 Å². The Morgan fingerprint density at radius 1 is 1.12 bits per heavy atom. The number of ketones is 2. The number of Topliss-reactive ketones (excluding diaryl/α,β-unsaturated/α-hetero) is 1. The summed E-state index contributed by atoms with van der Waals surface area (Å²) in [4.78, 5) is 49.0. The van der Waals surface area contributed by atoms with Crippen LogP contribution in [0.15, 0.2) is 11.6 Å². The molecule has 3 saturated carbocycles. The molecule has 0 aromatic carbocycles. The molecule has 8 nitrogen and oxygen atoms in total. The zero-order valence-corrected chi connectivity index (χ0v) is 19.9. The van der Waals surface area contributed by atoms with Gasteiger partial charge in [-0.15, -0.1) is 0 Å². The summed E-state index contributed by atoms with van der Waals surface area (Å²) < 4.78 is 4.90. The Kier molecular flexibility index (Phi) is 5.64. The third-order valence-electron chi connectivity index (χ3n) is 9.60. The van der Waals surface area contributed by atoms with E-state index in [1.54, 1.807) is 6.08 Å². The quantitative estimate of drug-likeness (QED) is 0.542. The molecule has 0 aromatic heterocycles. The minimum absolute atomic E-state index is 0.0698. The molecule has 3 N–H and O–H groups in total. The Morgan fingerprint density at radius 3 is 2.45 bits per heavy atom. The Balaban J connectivity index is 1.79. The number of ether oxygens (including phenoxy) is 1. The summed E-state index contributed by atoms with van der Waals surface area (Å²) >= 11 is 0. The molecule has 0 aliphatic heterocycles. The first-order valence-corrected chi connectivity index (χ1v) is 11.9. The van der Waals surface area contributed by atoms with Crippen LogP contribution in [-0.2, 0) is 23.9 Å². The van der Waals surface area contributed by atoms with E-state index in [9.17, 15) is 29.4 Å². The SMILES string of the molecule is CC(=O)N[C@]12C(O)CC3(C)C(CC[C@]3(O)C(=O)COC(C)=O)C1CCC1=CC(=O)CCC12C. The Labute approximate surface area is 194 Å². The lowest BCUT2D eigenvalue weighted by atomic mass is 9.41. The number of hydrogen-bond donors (Lipinski definition) is 3. The largest absolute Gasteiger partial charge is 0.458 e. The summed E-state index contributed by atoms with van der Waals surface area (Å²) in [6.45, 7) is 6.03. The molecule has 4 aliphatic rings. The van der Waals surface area contributed by atoms with Crippen LogP contribution >= 0.6 is 0 Å². The zero-order chi connectivity index (χ0) is 24.4. The summed E-state index contributed by atoms with van der Waals surface area (Å²) in [5.41, 5.74) is -3.28. The average molecular weight is 462 g/mol. The van der Waals surface area contributed by atoms with Crippen molar-refractivity contribution in [2.75, 3.05) is 6.61 Å². The first-order chi connectivity index (χ1) is 15.3. The number of carbonyl (C=O) groups is 4. The van der Waals surface area contributed by atoms with E-state index >= 15 is 0 Å². The molecule has 0 heterocycles. The van der Waals surface area contributed by atoms with Crippen molar-refractivity contribution < 1.29 is 34.1 Å². The van der Waals surface area contributed by atoms with Crippen molar-refractivity contribution >= 4 is 23.4 Å². The van der Waals surface area contributed by atoms with Gasteiger partial charge in [0, 0.05) is 31.1 Å². The second-order valence-electron chi connectivity index (χ2n) is 11.0. The minimum Gasteiger partial charge on any atom is -0.458 e. The van der Waals surface area contributed by atoms with Gasteiger partial charge in [0.1, 0.15) is 5.60 Å². The molecule has 4 rings (SSSR count). The highest BCUT2D eigenvalue weighted by Crippen LogP contribution is 2.69. The number of aliphatic hydroxyl groups excluding tert-OH is 1. The summed E-state index contributed by atoms with van der Waals surface area (Å²) in [6, 6.07) is 0. The van der Waals surface area contributed by atoms with Crippen LogP contribution in [0.4, 0.5) is 0 Å². The molecule has 5 unspecified atom stereocenters. The van der Waals surface area contributed by atoms with Crippen molar-refractivity contribution in [2.45, 2.75) is 89.9 Å². The van der Waals surface area contributed by atoms with Crippen molar-refractivity contribution in [3.8, 4) is 0 Å². The average Bonchev–Trinajstić information content (AvgIpc) is 2.99. The second kappa shape index (κ2) is 7.73. The van der Waals surface area contributed by atoms with Gasteiger partial charge in [-0.2, -0.15) is 0 Å². The lowest BCUT2D eigenvalue weighted by molar-refractivity contribution is -0.198. The number of carbonyl (C=O) groups excluding carboxylic acids is 4. The molecule has 0 bridgehead atoms. The van der Waals surface area contributed by atoms with Gasteiger partial charge in [0.2, 0.25) is 11.7 Å². The molecule has 0 aromatic rings. The fraction of sp³-hybridized carbons (Fsp3) is 0.760. The molecule has 8 heteroatoms. The zero-order valence-electron chi connectivity index (χ0n) is 19.9. The summed E-state index contributed by atoms with van der Waals surface area (Å²) in [7, 11) is 0. The van der Waals surface area contributed by atoms with E-state index in [1.165, 1.54) is 13.8 Å². The first-order valence-electron chi connectivity index (χ1n) is 11.9. The number of amides is 1. The van der Waals surface area contributed by atoms with Gasteiger partial charge in [0.25, 0.3) is 0 Å². The lowest BCUT2D eigenvalue weighted by Crippen LogP contribution is -2.77. The van der Waals surface area contributed by atoms with Crippen LogP contribution in [0.2, 0.25) is 0 Å². The van der Waals surface area contributed by atoms with Gasteiger partial charge < -0.3 is 20.3 Å². The maximum Gasteiger partial charge on any atom is 0.303 e. The van der Waals surface area contributed by atoms with Crippen molar-refractivity contribution in [1.29, 1.82) is 0 Å². The van der Waals surface area contributed by atoms with Crippen LogP contribution in [0.5, 0.6) is 0 Å². The molecule has 0 spiro atoms. The molecule has 1 amide bonds. The maximum atomic E-state index is 13.1. The molecular formula is C25H35NO7. The third-order valence-corrected chi connectivity index (χ3v) is 9.60. The molecule has 0 saturated heterocycles. The minimum atomic E-state index is -1.73. The number of esters is 1. The van der Waals surface area contributed by atoms with Crippen molar-refractivity contribution in [1.82, 2.24) is 5.32 Å². The predicted molar refractivity (Wildman–Crippen MR) is 118 cm³/mol. The molecule has 7 atom stereocenters. The van der Waals surface area contributed by atoms with Crippen LogP contribution in [0.1, 0.15) is 72.6 Å². The van der Waals surface area contributed by atoms with Gasteiger partial charge in [0.15, 0.2) is 12.4 Å².